The van der Waals surface area contributed by atoms with Gasteiger partial charge in [-0.1, -0.05) is 32.9 Å². The zero-order valence-corrected chi connectivity index (χ0v) is 16.3. The number of carbonyl (C=O) groups is 1. The normalized spacial score (nSPS) is 60.0. The first-order valence-corrected chi connectivity index (χ1v) is 10.9. The Balaban J connectivity index is 1.37. The summed E-state index contributed by atoms with van der Waals surface area (Å²) in [6.07, 6.45) is 12.2. The molecule has 6 bridgehead atoms. The molecule has 26 heavy (non-hydrogen) atoms. The van der Waals surface area contributed by atoms with Crippen LogP contribution in [-0.4, -0.2) is 16.9 Å². The van der Waals surface area contributed by atoms with Gasteiger partial charge in [0.1, 0.15) is 0 Å². The predicted molar refractivity (Wildman–Crippen MR) is 97.8 cm³/mol. The summed E-state index contributed by atoms with van der Waals surface area (Å²) in [6.45, 7) is 6.68. The molecule has 0 aromatic rings. The monoisotopic (exact) mass is 356 g/mol. The van der Waals surface area contributed by atoms with Crippen molar-refractivity contribution >= 4 is 5.97 Å². The first-order chi connectivity index (χ1) is 12.2. The van der Waals surface area contributed by atoms with Crippen LogP contribution >= 0.6 is 0 Å². The van der Waals surface area contributed by atoms with Crippen LogP contribution in [0.25, 0.3) is 0 Å². The molecule has 0 heterocycles. The van der Waals surface area contributed by atoms with Crippen LogP contribution in [0.15, 0.2) is 12.2 Å². The van der Waals surface area contributed by atoms with Crippen molar-refractivity contribution in [2.45, 2.75) is 71.5 Å². The molecule has 6 rings (SSSR count). The number of allylic oxidation sites excluding steroid dienone is 2. The molecular formula is C23H32O3. The van der Waals surface area contributed by atoms with E-state index in [0.29, 0.717) is 41.9 Å². The standard InChI is InChI=1S/C23H32O3/c1-20(2)17-8-9-21(20,3)22(25,12-17)26-19(24)23-15-6-4-13(10-15)18(23)14-5-7-16(23)11-14/h4,6,13-18,25H,5,7-12H2,1-3H3. The molecule has 5 saturated carbocycles. The van der Waals surface area contributed by atoms with Gasteiger partial charge in [-0.15, -0.1) is 0 Å². The van der Waals surface area contributed by atoms with Crippen molar-refractivity contribution in [3.63, 3.8) is 0 Å². The van der Waals surface area contributed by atoms with Gasteiger partial charge in [0.2, 0.25) is 5.79 Å². The molecule has 0 saturated heterocycles. The Kier molecular flexibility index (Phi) is 2.75. The lowest BCUT2D eigenvalue weighted by molar-refractivity contribution is -0.271. The van der Waals surface area contributed by atoms with Gasteiger partial charge in [-0.05, 0) is 79.4 Å². The van der Waals surface area contributed by atoms with Gasteiger partial charge in [0.05, 0.1) is 5.41 Å². The van der Waals surface area contributed by atoms with Gasteiger partial charge in [-0.25, -0.2) is 0 Å². The van der Waals surface area contributed by atoms with Crippen LogP contribution in [0.1, 0.15) is 65.7 Å². The van der Waals surface area contributed by atoms with Gasteiger partial charge in [0.25, 0.3) is 0 Å². The Labute approximate surface area is 156 Å². The van der Waals surface area contributed by atoms with Gasteiger partial charge < -0.3 is 9.84 Å². The highest BCUT2D eigenvalue weighted by molar-refractivity contribution is 5.81. The predicted octanol–water partition coefficient (Wildman–Crippen LogP) is 4.30. The highest BCUT2D eigenvalue weighted by atomic mass is 16.7. The lowest BCUT2D eigenvalue weighted by Crippen LogP contribution is -2.55. The van der Waals surface area contributed by atoms with Crippen molar-refractivity contribution in [3.8, 4) is 0 Å². The summed E-state index contributed by atoms with van der Waals surface area (Å²) in [6, 6.07) is 0. The van der Waals surface area contributed by atoms with Gasteiger partial charge in [-0.2, -0.15) is 0 Å². The Morgan fingerprint density at radius 1 is 1.08 bits per heavy atom. The second kappa shape index (κ2) is 4.42. The molecule has 5 fully saturated rings. The number of hydrogen-bond acceptors (Lipinski definition) is 3. The van der Waals surface area contributed by atoms with Crippen LogP contribution in [0, 0.1) is 51.8 Å². The third kappa shape index (κ3) is 1.43. The van der Waals surface area contributed by atoms with Gasteiger partial charge in [0.15, 0.2) is 0 Å². The fourth-order valence-electron chi connectivity index (χ4n) is 9.10. The summed E-state index contributed by atoms with van der Waals surface area (Å²) < 4.78 is 6.25. The fourth-order valence-corrected chi connectivity index (χ4v) is 9.10. The molecule has 3 heteroatoms. The van der Waals surface area contributed by atoms with Crippen LogP contribution in [0.4, 0.5) is 0 Å². The molecule has 0 radical (unpaired) electrons. The van der Waals surface area contributed by atoms with Gasteiger partial charge in [0, 0.05) is 11.8 Å². The molecule has 0 amide bonds. The average molecular weight is 357 g/mol. The number of rotatable bonds is 2. The topological polar surface area (TPSA) is 46.5 Å². The number of hydrogen-bond donors (Lipinski definition) is 1. The summed E-state index contributed by atoms with van der Waals surface area (Å²) in [5.74, 6) is 1.72. The molecule has 0 aromatic carbocycles. The Morgan fingerprint density at radius 3 is 2.58 bits per heavy atom. The maximum atomic E-state index is 13.8. The highest BCUT2D eigenvalue weighted by Crippen LogP contribution is 2.74. The molecule has 6 aliphatic carbocycles. The van der Waals surface area contributed by atoms with E-state index < -0.39 is 5.79 Å². The largest absolute Gasteiger partial charge is 0.432 e. The maximum Gasteiger partial charge on any atom is 0.315 e. The summed E-state index contributed by atoms with van der Waals surface area (Å²) in [5, 5.41) is 11.6. The minimum atomic E-state index is -1.27. The van der Waals surface area contributed by atoms with E-state index in [9.17, 15) is 9.90 Å². The first kappa shape index (κ1) is 16.2. The Morgan fingerprint density at radius 2 is 1.88 bits per heavy atom. The zero-order valence-electron chi connectivity index (χ0n) is 16.3. The van der Waals surface area contributed by atoms with E-state index in [4.69, 9.17) is 4.74 Å². The van der Waals surface area contributed by atoms with Crippen LogP contribution in [0.2, 0.25) is 0 Å². The lowest BCUT2D eigenvalue weighted by atomic mass is 9.60. The van der Waals surface area contributed by atoms with Crippen molar-refractivity contribution in [2.24, 2.45) is 51.8 Å². The van der Waals surface area contributed by atoms with E-state index >= 15 is 0 Å². The van der Waals surface area contributed by atoms with E-state index in [0.717, 1.165) is 19.3 Å². The highest BCUT2D eigenvalue weighted by Gasteiger charge is 2.75. The third-order valence-corrected chi connectivity index (χ3v) is 10.8. The van der Waals surface area contributed by atoms with E-state index in [1.54, 1.807) is 0 Å². The number of esters is 1. The summed E-state index contributed by atoms with van der Waals surface area (Å²) in [5.41, 5.74) is -0.611. The van der Waals surface area contributed by atoms with E-state index in [2.05, 4.69) is 32.9 Å². The molecule has 9 unspecified atom stereocenters. The quantitative estimate of drug-likeness (QED) is 0.347. The summed E-state index contributed by atoms with van der Waals surface area (Å²) in [4.78, 5) is 13.8. The SMILES string of the molecule is CC1(C)C2CCC1(C)C(O)(OC(=O)C13C4C=CC(C4)C1C1CCC3C1)C2. The molecule has 142 valence electrons. The minimum Gasteiger partial charge on any atom is -0.432 e. The molecule has 3 nitrogen and oxygen atoms in total. The van der Waals surface area contributed by atoms with Crippen LogP contribution in [-0.2, 0) is 9.53 Å². The van der Waals surface area contributed by atoms with Gasteiger partial charge >= 0.3 is 5.97 Å². The van der Waals surface area contributed by atoms with E-state index in [-0.39, 0.29) is 22.2 Å². The average Bonchev–Trinajstić information content (AvgIpc) is 3.38. The second-order valence-electron chi connectivity index (χ2n) is 11.3. The second-order valence-corrected chi connectivity index (χ2v) is 11.3. The van der Waals surface area contributed by atoms with Crippen molar-refractivity contribution in [3.05, 3.63) is 12.2 Å². The maximum absolute atomic E-state index is 13.8. The van der Waals surface area contributed by atoms with Crippen molar-refractivity contribution in [1.82, 2.24) is 0 Å². The van der Waals surface area contributed by atoms with Crippen LogP contribution in [0.3, 0.4) is 0 Å². The molecule has 1 N–H and O–H groups in total. The summed E-state index contributed by atoms with van der Waals surface area (Å²) in [7, 11) is 0. The van der Waals surface area contributed by atoms with Crippen LogP contribution in [0.5, 0.6) is 0 Å². The smallest absolute Gasteiger partial charge is 0.315 e. The minimum absolute atomic E-state index is 0.0301. The van der Waals surface area contributed by atoms with E-state index in [1.807, 2.05) is 0 Å². The number of aliphatic hydroxyl groups is 1. The van der Waals surface area contributed by atoms with E-state index in [1.165, 1.54) is 19.3 Å². The fraction of sp³-hybridized carbons (Fsp3) is 0.870. The van der Waals surface area contributed by atoms with Crippen molar-refractivity contribution in [2.75, 3.05) is 0 Å². The lowest BCUT2D eigenvalue weighted by Gasteiger charge is -2.48. The van der Waals surface area contributed by atoms with Crippen molar-refractivity contribution < 1.29 is 14.6 Å². The zero-order chi connectivity index (χ0) is 18.1. The summed E-state index contributed by atoms with van der Waals surface area (Å²) >= 11 is 0. The molecule has 6 aliphatic rings. The third-order valence-electron chi connectivity index (χ3n) is 10.8. The molecule has 0 aliphatic heterocycles. The molecule has 9 atom stereocenters. The molecule has 0 aromatic heterocycles. The first-order valence-electron chi connectivity index (χ1n) is 10.9. The Hall–Kier alpha value is -0.830. The van der Waals surface area contributed by atoms with Crippen LogP contribution < -0.4 is 0 Å². The van der Waals surface area contributed by atoms with Gasteiger partial charge in [-0.3, -0.25) is 4.79 Å². The number of ether oxygens (including phenoxy) is 1. The molecular weight excluding hydrogens is 324 g/mol. The Bertz CT molecular complexity index is 725. The molecule has 0 spiro atoms. The number of fused-ring (bicyclic) bond motifs is 11. The van der Waals surface area contributed by atoms with Crippen molar-refractivity contribution in [1.29, 1.82) is 0 Å². The number of carbonyl (C=O) groups excluding carboxylic acids is 1.